The van der Waals surface area contributed by atoms with Crippen LogP contribution in [0.15, 0.2) is 18.2 Å². The molecule has 10 heteroatoms. The van der Waals surface area contributed by atoms with Crippen LogP contribution < -0.4 is 10.2 Å². The van der Waals surface area contributed by atoms with Crippen molar-refractivity contribution >= 4 is 52.7 Å². The van der Waals surface area contributed by atoms with E-state index in [-0.39, 0.29) is 23.6 Å². The lowest BCUT2D eigenvalue weighted by atomic mass is 10.1. The molecular weight excluding hydrogens is 373 g/mol. The summed E-state index contributed by atoms with van der Waals surface area (Å²) in [5, 5.41) is 11.7. The number of benzene rings is 1. The van der Waals surface area contributed by atoms with Crippen LogP contribution in [0.25, 0.3) is 0 Å². The standard InChI is InChI=1S/C15H15Cl2N3O5/c1-19(7-13(22)23)12(21)5-4-11-14(24)20(15(25)18-11)8-2-3-9(16)10(17)6-8/h2-3,6,11H,4-5,7H2,1H3,(H,18,25)(H,22,23)/t11-/m0/s1. The Labute approximate surface area is 153 Å². The first-order valence-electron chi connectivity index (χ1n) is 7.26. The summed E-state index contributed by atoms with van der Waals surface area (Å²) in [6, 6.07) is 2.86. The van der Waals surface area contributed by atoms with Gasteiger partial charge in [0.15, 0.2) is 0 Å². The number of hydrogen-bond acceptors (Lipinski definition) is 4. The van der Waals surface area contributed by atoms with E-state index in [0.29, 0.717) is 5.02 Å². The van der Waals surface area contributed by atoms with Gasteiger partial charge in [-0.25, -0.2) is 9.69 Å². The van der Waals surface area contributed by atoms with Crippen LogP contribution in [0, 0.1) is 0 Å². The largest absolute Gasteiger partial charge is 0.480 e. The average molecular weight is 388 g/mol. The molecule has 1 aliphatic heterocycles. The van der Waals surface area contributed by atoms with E-state index in [1.165, 1.54) is 25.2 Å². The van der Waals surface area contributed by atoms with Crippen molar-refractivity contribution in [2.45, 2.75) is 18.9 Å². The van der Waals surface area contributed by atoms with Crippen LogP contribution in [0.3, 0.4) is 0 Å². The number of anilines is 1. The van der Waals surface area contributed by atoms with Gasteiger partial charge < -0.3 is 15.3 Å². The second kappa shape index (κ2) is 7.71. The molecule has 1 heterocycles. The molecule has 4 amide bonds. The summed E-state index contributed by atoms with van der Waals surface area (Å²) >= 11 is 11.7. The number of likely N-dealkylation sites (N-methyl/N-ethyl adjacent to an activating group) is 1. The van der Waals surface area contributed by atoms with Gasteiger partial charge in [-0.15, -0.1) is 0 Å². The van der Waals surface area contributed by atoms with Crippen LogP contribution in [0.1, 0.15) is 12.8 Å². The van der Waals surface area contributed by atoms with Crippen molar-refractivity contribution in [3.05, 3.63) is 28.2 Å². The minimum atomic E-state index is -1.13. The van der Waals surface area contributed by atoms with Crippen LogP contribution >= 0.6 is 23.2 Å². The fourth-order valence-corrected chi connectivity index (χ4v) is 2.64. The molecule has 0 spiro atoms. The number of nitrogens with one attached hydrogen (secondary N) is 1. The van der Waals surface area contributed by atoms with E-state index in [9.17, 15) is 19.2 Å². The Morgan fingerprint density at radius 3 is 2.56 bits per heavy atom. The van der Waals surface area contributed by atoms with E-state index >= 15 is 0 Å². The first-order valence-corrected chi connectivity index (χ1v) is 8.01. The van der Waals surface area contributed by atoms with Crippen LogP contribution in [-0.4, -0.2) is 53.5 Å². The molecule has 1 saturated heterocycles. The molecular formula is C15H15Cl2N3O5. The van der Waals surface area contributed by atoms with Crippen LogP contribution in [0.5, 0.6) is 0 Å². The van der Waals surface area contributed by atoms with Gasteiger partial charge in [0.25, 0.3) is 5.91 Å². The van der Waals surface area contributed by atoms with Gasteiger partial charge in [-0.1, -0.05) is 23.2 Å². The predicted octanol–water partition coefficient (Wildman–Crippen LogP) is 1.74. The number of carbonyl (C=O) groups is 4. The van der Waals surface area contributed by atoms with Gasteiger partial charge >= 0.3 is 12.0 Å². The second-order valence-electron chi connectivity index (χ2n) is 5.46. The third-order valence-electron chi connectivity index (χ3n) is 3.63. The van der Waals surface area contributed by atoms with Gasteiger partial charge in [-0.3, -0.25) is 14.4 Å². The Kier molecular flexibility index (Phi) is 5.86. The first kappa shape index (κ1) is 19.0. The average Bonchev–Trinajstić information content (AvgIpc) is 2.81. The molecule has 0 unspecified atom stereocenters. The number of imide groups is 1. The molecule has 2 N–H and O–H groups in total. The zero-order valence-corrected chi connectivity index (χ0v) is 14.7. The number of urea groups is 1. The maximum absolute atomic E-state index is 12.4. The lowest BCUT2D eigenvalue weighted by Crippen LogP contribution is -2.35. The van der Waals surface area contributed by atoms with Gasteiger partial charge in [-0.05, 0) is 24.6 Å². The van der Waals surface area contributed by atoms with Crippen molar-refractivity contribution in [2.24, 2.45) is 0 Å². The Balaban J connectivity index is 2.02. The number of carboxylic acids is 1. The molecule has 0 aliphatic carbocycles. The first-order chi connectivity index (χ1) is 11.7. The zero-order valence-electron chi connectivity index (χ0n) is 13.2. The monoisotopic (exact) mass is 387 g/mol. The molecule has 1 aromatic rings. The third-order valence-corrected chi connectivity index (χ3v) is 4.36. The molecule has 2 rings (SSSR count). The number of hydrogen-bond donors (Lipinski definition) is 2. The lowest BCUT2D eigenvalue weighted by Gasteiger charge is -2.16. The van der Waals surface area contributed by atoms with Gasteiger partial charge in [0.2, 0.25) is 5.91 Å². The Morgan fingerprint density at radius 1 is 1.28 bits per heavy atom. The molecule has 1 aliphatic rings. The topological polar surface area (TPSA) is 107 Å². The second-order valence-corrected chi connectivity index (χ2v) is 6.27. The van der Waals surface area contributed by atoms with Crippen molar-refractivity contribution in [1.29, 1.82) is 0 Å². The minimum absolute atomic E-state index is 0.0607. The fraction of sp³-hybridized carbons (Fsp3) is 0.333. The van der Waals surface area contributed by atoms with Crippen molar-refractivity contribution in [3.63, 3.8) is 0 Å². The van der Waals surface area contributed by atoms with E-state index in [2.05, 4.69) is 5.32 Å². The highest BCUT2D eigenvalue weighted by molar-refractivity contribution is 6.42. The summed E-state index contributed by atoms with van der Waals surface area (Å²) in [5.74, 6) is -2.08. The number of carbonyl (C=O) groups excluding carboxylic acids is 3. The SMILES string of the molecule is CN(CC(=O)O)C(=O)CC[C@@H]1NC(=O)N(c2ccc(Cl)c(Cl)c2)C1=O. The minimum Gasteiger partial charge on any atom is -0.480 e. The van der Waals surface area contributed by atoms with Crippen LogP contribution in [0.4, 0.5) is 10.5 Å². The highest BCUT2D eigenvalue weighted by atomic mass is 35.5. The quantitative estimate of drug-likeness (QED) is 0.722. The van der Waals surface area contributed by atoms with E-state index in [0.717, 1.165) is 9.80 Å². The Morgan fingerprint density at radius 2 is 1.96 bits per heavy atom. The molecule has 0 bridgehead atoms. The van der Waals surface area contributed by atoms with Crippen LogP contribution in [-0.2, 0) is 14.4 Å². The number of aliphatic carboxylic acids is 1. The summed E-state index contributed by atoms with van der Waals surface area (Å²) in [6.07, 6.45) is -0.0130. The van der Waals surface area contributed by atoms with Crippen molar-refractivity contribution in [1.82, 2.24) is 10.2 Å². The molecule has 1 fully saturated rings. The number of amides is 4. The normalized spacial score (nSPS) is 16.8. The summed E-state index contributed by atoms with van der Waals surface area (Å²) in [5.41, 5.74) is 0.272. The molecule has 8 nitrogen and oxygen atoms in total. The van der Waals surface area contributed by atoms with E-state index in [4.69, 9.17) is 28.3 Å². The fourth-order valence-electron chi connectivity index (χ4n) is 2.35. The van der Waals surface area contributed by atoms with Crippen molar-refractivity contribution < 1.29 is 24.3 Å². The number of halogens is 2. The Bertz CT molecular complexity index is 740. The summed E-state index contributed by atoms with van der Waals surface area (Å²) in [7, 11) is 1.35. The van der Waals surface area contributed by atoms with Crippen molar-refractivity contribution in [2.75, 3.05) is 18.5 Å². The van der Waals surface area contributed by atoms with E-state index < -0.39 is 36.4 Å². The van der Waals surface area contributed by atoms with E-state index in [1.807, 2.05) is 0 Å². The Hall–Kier alpha value is -2.32. The maximum Gasteiger partial charge on any atom is 0.329 e. The van der Waals surface area contributed by atoms with Gasteiger partial charge in [0.05, 0.1) is 15.7 Å². The van der Waals surface area contributed by atoms with Gasteiger partial charge in [0, 0.05) is 13.5 Å². The molecule has 134 valence electrons. The van der Waals surface area contributed by atoms with Crippen LogP contribution in [0.2, 0.25) is 10.0 Å². The number of nitrogens with zero attached hydrogens (tertiary/aromatic N) is 2. The predicted molar refractivity (Wildman–Crippen MR) is 90.8 cm³/mol. The lowest BCUT2D eigenvalue weighted by molar-refractivity contribution is -0.143. The van der Waals surface area contributed by atoms with E-state index in [1.54, 1.807) is 0 Å². The molecule has 0 radical (unpaired) electrons. The zero-order chi connectivity index (χ0) is 18.7. The van der Waals surface area contributed by atoms with Crippen molar-refractivity contribution in [3.8, 4) is 0 Å². The smallest absolute Gasteiger partial charge is 0.329 e. The molecule has 1 aromatic carbocycles. The summed E-state index contributed by atoms with van der Waals surface area (Å²) in [4.78, 5) is 48.9. The molecule has 25 heavy (non-hydrogen) atoms. The molecule has 1 atom stereocenters. The molecule has 0 saturated carbocycles. The van der Waals surface area contributed by atoms with Gasteiger partial charge in [-0.2, -0.15) is 0 Å². The molecule has 0 aromatic heterocycles. The third kappa shape index (κ3) is 4.40. The summed E-state index contributed by atoms with van der Waals surface area (Å²) in [6.45, 7) is -0.431. The maximum atomic E-state index is 12.4. The number of carboxylic acid groups (broad SMARTS) is 1. The highest BCUT2D eigenvalue weighted by Crippen LogP contribution is 2.29. The summed E-state index contributed by atoms with van der Waals surface area (Å²) < 4.78 is 0. The number of rotatable bonds is 6. The highest BCUT2D eigenvalue weighted by Gasteiger charge is 2.39. The van der Waals surface area contributed by atoms with Gasteiger partial charge in [0.1, 0.15) is 12.6 Å².